The Labute approximate surface area is 96.9 Å². The lowest BCUT2D eigenvalue weighted by molar-refractivity contribution is -0.0124. The number of hydrogen-bond donors (Lipinski definition) is 0. The van der Waals surface area contributed by atoms with Crippen LogP contribution in [0.3, 0.4) is 0 Å². The van der Waals surface area contributed by atoms with Crippen molar-refractivity contribution < 1.29 is 9.47 Å². The molecule has 0 N–H and O–H groups in total. The molecular formula is C14H18O2. The fraction of sp³-hybridized carbons (Fsp3) is 0.429. The van der Waals surface area contributed by atoms with Crippen molar-refractivity contribution in [2.45, 2.75) is 25.6 Å². The van der Waals surface area contributed by atoms with Crippen LogP contribution in [0.1, 0.15) is 18.4 Å². The molecule has 1 atom stereocenters. The Balaban J connectivity index is 1.68. The van der Waals surface area contributed by atoms with Crippen LogP contribution < -0.4 is 0 Å². The highest BCUT2D eigenvalue weighted by atomic mass is 16.5. The molecule has 86 valence electrons. The molecule has 0 saturated carbocycles. The molecule has 1 aromatic carbocycles. The zero-order valence-corrected chi connectivity index (χ0v) is 9.47. The Morgan fingerprint density at radius 2 is 2.06 bits per heavy atom. The van der Waals surface area contributed by atoms with Crippen LogP contribution in [-0.4, -0.2) is 19.3 Å². The van der Waals surface area contributed by atoms with Crippen LogP contribution >= 0.6 is 0 Å². The molecule has 2 nitrogen and oxygen atoms in total. The quantitative estimate of drug-likeness (QED) is 0.723. The number of benzene rings is 1. The summed E-state index contributed by atoms with van der Waals surface area (Å²) in [4.78, 5) is 0. The van der Waals surface area contributed by atoms with Gasteiger partial charge < -0.3 is 9.47 Å². The predicted molar refractivity (Wildman–Crippen MR) is 64.2 cm³/mol. The van der Waals surface area contributed by atoms with Gasteiger partial charge in [0.2, 0.25) is 0 Å². The summed E-state index contributed by atoms with van der Waals surface area (Å²) in [6, 6.07) is 10.2. The average molecular weight is 218 g/mol. The fourth-order valence-electron chi connectivity index (χ4n) is 1.76. The first-order chi connectivity index (χ1) is 7.95. The van der Waals surface area contributed by atoms with E-state index in [4.69, 9.17) is 9.47 Å². The highest BCUT2D eigenvalue weighted by molar-refractivity contribution is 5.13. The van der Waals surface area contributed by atoms with Gasteiger partial charge in [-0.2, -0.15) is 0 Å². The molecule has 2 heteroatoms. The topological polar surface area (TPSA) is 18.5 Å². The molecule has 0 amide bonds. The van der Waals surface area contributed by atoms with E-state index in [0.29, 0.717) is 13.2 Å². The number of rotatable bonds is 4. The van der Waals surface area contributed by atoms with Gasteiger partial charge in [0.15, 0.2) is 0 Å². The second kappa shape index (κ2) is 6.46. The summed E-state index contributed by atoms with van der Waals surface area (Å²) in [6.07, 6.45) is 6.66. The summed E-state index contributed by atoms with van der Waals surface area (Å²) in [5.74, 6) is 0. The highest BCUT2D eigenvalue weighted by Gasteiger charge is 2.09. The van der Waals surface area contributed by atoms with Gasteiger partial charge in [-0.15, -0.1) is 0 Å². The maximum absolute atomic E-state index is 5.66. The summed E-state index contributed by atoms with van der Waals surface area (Å²) in [6.45, 7) is 2.09. The van der Waals surface area contributed by atoms with Crippen molar-refractivity contribution in [3.05, 3.63) is 48.0 Å². The first-order valence-electron chi connectivity index (χ1n) is 5.83. The molecule has 0 aliphatic carbocycles. The zero-order chi connectivity index (χ0) is 11.1. The van der Waals surface area contributed by atoms with Gasteiger partial charge >= 0.3 is 0 Å². The van der Waals surface area contributed by atoms with Crippen molar-refractivity contribution in [2.24, 2.45) is 0 Å². The van der Waals surface area contributed by atoms with Gasteiger partial charge in [0.25, 0.3) is 0 Å². The minimum atomic E-state index is 0.249. The van der Waals surface area contributed by atoms with E-state index in [2.05, 4.69) is 24.3 Å². The molecule has 1 aliphatic heterocycles. The molecular weight excluding hydrogens is 200 g/mol. The maximum Gasteiger partial charge on any atom is 0.0815 e. The van der Waals surface area contributed by atoms with Crippen molar-refractivity contribution in [1.82, 2.24) is 0 Å². The average Bonchev–Trinajstić information content (AvgIpc) is 2.59. The molecule has 1 unspecified atom stereocenters. The van der Waals surface area contributed by atoms with Gasteiger partial charge in [0.05, 0.1) is 25.9 Å². The molecule has 1 aromatic rings. The molecule has 16 heavy (non-hydrogen) atoms. The molecule has 0 fully saturated rings. The standard InChI is InChI=1S/C14H18O2/c1-3-7-13(8-4-1)11-15-12-14-9-5-2-6-10-16-14/h1-4,6-8,14H,5,9-12H2. The first-order valence-corrected chi connectivity index (χ1v) is 5.83. The van der Waals surface area contributed by atoms with E-state index in [1.807, 2.05) is 18.2 Å². The summed E-state index contributed by atoms with van der Waals surface area (Å²) in [5, 5.41) is 0. The minimum Gasteiger partial charge on any atom is -0.374 e. The third kappa shape index (κ3) is 3.80. The largest absolute Gasteiger partial charge is 0.374 e. The highest BCUT2D eigenvalue weighted by Crippen LogP contribution is 2.09. The second-order valence-corrected chi connectivity index (χ2v) is 4.00. The van der Waals surface area contributed by atoms with Gasteiger partial charge in [0.1, 0.15) is 0 Å². The van der Waals surface area contributed by atoms with Gasteiger partial charge in [0, 0.05) is 0 Å². The van der Waals surface area contributed by atoms with Gasteiger partial charge in [-0.1, -0.05) is 42.5 Å². The van der Waals surface area contributed by atoms with E-state index in [0.717, 1.165) is 19.4 Å². The van der Waals surface area contributed by atoms with Crippen molar-refractivity contribution >= 4 is 0 Å². The third-order valence-corrected chi connectivity index (χ3v) is 2.67. The van der Waals surface area contributed by atoms with Crippen LogP contribution in [-0.2, 0) is 16.1 Å². The smallest absolute Gasteiger partial charge is 0.0815 e. The van der Waals surface area contributed by atoms with Crippen molar-refractivity contribution in [3.63, 3.8) is 0 Å². The summed E-state index contributed by atoms with van der Waals surface area (Å²) in [5.41, 5.74) is 1.22. The van der Waals surface area contributed by atoms with E-state index in [-0.39, 0.29) is 6.10 Å². The van der Waals surface area contributed by atoms with E-state index < -0.39 is 0 Å². The lowest BCUT2D eigenvalue weighted by Crippen LogP contribution is -2.18. The van der Waals surface area contributed by atoms with Crippen LogP contribution in [0.5, 0.6) is 0 Å². The van der Waals surface area contributed by atoms with Crippen molar-refractivity contribution in [2.75, 3.05) is 13.2 Å². The molecule has 0 aromatic heterocycles. The van der Waals surface area contributed by atoms with Crippen molar-refractivity contribution in [1.29, 1.82) is 0 Å². The number of hydrogen-bond acceptors (Lipinski definition) is 2. The number of allylic oxidation sites excluding steroid dienone is 1. The zero-order valence-electron chi connectivity index (χ0n) is 9.47. The summed E-state index contributed by atoms with van der Waals surface area (Å²) >= 11 is 0. The Kier molecular flexibility index (Phi) is 4.59. The summed E-state index contributed by atoms with van der Waals surface area (Å²) in [7, 11) is 0. The second-order valence-electron chi connectivity index (χ2n) is 4.00. The van der Waals surface area contributed by atoms with E-state index in [1.54, 1.807) is 0 Å². The van der Waals surface area contributed by atoms with E-state index >= 15 is 0 Å². The Hall–Kier alpha value is -1.12. The normalized spacial score (nSPS) is 20.6. The lowest BCUT2D eigenvalue weighted by Gasteiger charge is -2.14. The molecule has 0 radical (unpaired) electrons. The molecule has 0 bridgehead atoms. The van der Waals surface area contributed by atoms with Crippen LogP contribution in [0.2, 0.25) is 0 Å². The first kappa shape index (κ1) is 11.4. The van der Waals surface area contributed by atoms with Crippen LogP contribution in [0, 0.1) is 0 Å². The van der Waals surface area contributed by atoms with E-state index in [9.17, 15) is 0 Å². The van der Waals surface area contributed by atoms with Crippen molar-refractivity contribution in [3.8, 4) is 0 Å². The Morgan fingerprint density at radius 1 is 1.19 bits per heavy atom. The molecule has 1 heterocycles. The van der Waals surface area contributed by atoms with Gasteiger partial charge in [-0.05, 0) is 18.4 Å². The Morgan fingerprint density at radius 3 is 2.94 bits per heavy atom. The maximum atomic E-state index is 5.66. The Bertz CT molecular complexity index is 309. The minimum absolute atomic E-state index is 0.249. The fourth-order valence-corrected chi connectivity index (χ4v) is 1.76. The van der Waals surface area contributed by atoms with Crippen LogP contribution in [0.4, 0.5) is 0 Å². The lowest BCUT2D eigenvalue weighted by atomic mass is 10.2. The number of ether oxygens (including phenoxy) is 2. The summed E-state index contributed by atoms with van der Waals surface area (Å²) < 4.78 is 11.3. The SMILES string of the molecule is C1=CCOC(COCc2ccccc2)CC1. The van der Waals surface area contributed by atoms with Gasteiger partial charge in [-0.3, -0.25) is 0 Å². The molecule has 0 saturated heterocycles. The predicted octanol–water partition coefficient (Wildman–Crippen LogP) is 2.94. The third-order valence-electron chi connectivity index (χ3n) is 2.67. The molecule has 0 spiro atoms. The monoisotopic (exact) mass is 218 g/mol. The van der Waals surface area contributed by atoms with Crippen LogP contribution in [0.15, 0.2) is 42.5 Å². The van der Waals surface area contributed by atoms with Crippen LogP contribution in [0.25, 0.3) is 0 Å². The molecule has 1 aliphatic rings. The van der Waals surface area contributed by atoms with Gasteiger partial charge in [-0.25, -0.2) is 0 Å². The molecule has 2 rings (SSSR count). The van der Waals surface area contributed by atoms with E-state index in [1.165, 1.54) is 5.56 Å².